The molecular weight excluding hydrogens is 373 g/mol. The van der Waals surface area contributed by atoms with E-state index in [1.54, 1.807) is 0 Å². The molecular formula is C17H18IN3. The summed E-state index contributed by atoms with van der Waals surface area (Å²) in [5.41, 5.74) is 3.51. The van der Waals surface area contributed by atoms with E-state index in [-0.39, 0.29) is 24.0 Å². The molecule has 0 radical (unpaired) electrons. The van der Waals surface area contributed by atoms with Crippen molar-refractivity contribution in [2.75, 3.05) is 5.32 Å². The monoisotopic (exact) mass is 391 g/mol. The van der Waals surface area contributed by atoms with Crippen molar-refractivity contribution in [1.29, 1.82) is 0 Å². The van der Waals surface area contributed by atoms with Gasteiger partial charge in [0.15, 0.2) is 7.05 Å². The quantitative estimate of drug-likeness (QED) is 0.496. The van der Waals surface area contributed by atoms with Gasteiger partial charge in [-0.05, 0) is 24.3 Å². The van der Waals surface area contributed by atoms with Gasteiger partial charge in [0.1, 0.15) is 5.52 Å². The van der Waals surface area contributed by atoms with E-state index in [2.05, 4.69) is 59.1 Å². The van der Waals surface area contributed by atoms with Crippen LogP contribution < -0.4 is 34.0 Å². The molecule has 2 aromatic carbocycles. The molecule has 0 saturated heterocycles. The Balaban J connectivity index is 0.00000161. The van der Waals surface area contributed by atoms with Crippen LogP contribution >= 0.6 is 0 Å². The van der Waals surface area contributed by atoms with Crippen LogP contribution in [0.4, 0.5) is 5.69 Å². The number of nitrogens with zero attached hydrogens (tertiary/aromatic N) is 2. The molecule has 0 fully saturated rings. The molecule has 1 heterocycles. The average molecular weight is 391 g/mol. The van der Waals surface area contributed by atoms with Crippen molar-refractivity contribution in [3.05, 3.63) is 66.5 Å². The second kappa shape index (κ2) is 6.76. The number of fused-ring (bicyclic) bond motifs is 1. The normalized spacial score (nSPS) is 10.8. The largest absolute Gasteiger partial charge is 1.00 e. The van der Waals surface area contributed by atoms with Crippen LogP contribution in [0.25, 0.3) is 17.0 Å². The first-order valence-electron chi connectivity index (χ1n) is 6.69. The summed E-state index contributed by atoms with van der Waals surface area (Å²) in [5.74, 6) is 0. The highest BCUT2D eigenvalue weighted by atomic mass is 127. The van der Waals surface area contributed by atoms with E-state index < -0.39 is 0 Å². The average Bonchev–Trinajstić information content (AvgIpc) is 2.74. The maximum atomic E-state index is 3.29. The van der Waals surface area contributed by atoms with Crippen LogP contribution in [0.1, 0.15) is 5.69 Å². The van der Waals surface area contributed by atoms with Crippen LogP contribution in [-0.4, -0.2) is 4.68 Å². The van der Waals surface area contributed by atoms with Crippen LogP contribution in [0.15, 0.2) is 60.8 Å². The Morgan fingerprint density at radius 3 is 2.43 bits per heavy atom. The second-order valence-corrected chi connectivity index (χ2v) is 4.79. The Hall–Kier alpha value is -1.82. The standard InChI is InChI=1S/C17H17N3.HI/c1-19-16-11-7-6-10-15(16)17(20(19)2)12-13-18-14-8-4-3-5-9-14;/h3-13H,1-2H3;1H. The van der Waals surface area contributed by atoms with Gasteiger partial charge in [0.05, 0.1) is 12.4 Å². The third-order valence-electron chi connectivity index (χ3n) is 3.59. The lowest BCUT2D eigenvalue weighted by atomic mass is 10.2. The van der Waals surface area contributed by atoms with Gasteiger partial charge in [-0.2, -0.15) is 4.68 Å². The van der Waals surface area contributed by atoms with Crippen molar-refractivity contribution < 1.29 is 28.7 Å². The maximum absolute atomic E-state index is 3.29. The third kappa shape index (κ3) is 3.10. The summed E-state index contributed by atoms with van der Waals surface area (Å²) in [6.07, 6.45) is 4.09. The Bertz CT molecular complexity index is 760. The van der Waals surface area contributed by atoms with Crippen molar-refractivity contribution in [2.24, 2.45) is 14.1 Å². The first kappa shape index (κ1) is 15.6. The summed E-state index contributed by atoms with van der Waals surface area (Å²) in [4.78, 5) is 0. The summed E-state index contributed by atoms with van der Waals surface area (Å²) in [7, 11) is 4.15. The first-order valence-corrected chi connectivity index (χ1v) is 6.69. The SMILES string of the molecule is Cn1c2ccccc2c(C=CNc2ccccc2)[n+]1C.[I-]. The molecule has 0 unspecified atom stereocenters. The molecule has 3 nitrogen and oxygen atoms in total. The molecule has 0 saturated carbocycles. The second-order valence-electron chi connectivity index (χ2n) is 4.79. The smallest absolute Gasteiger partial charge is 0.240 e. The minimum Gasteiger partial charge on any atom is -1.00 e. The summed E-state index contributed by atoms with van der Waals surface area (Å²) >= 11 is 0. The van der Waals surface area contributed by atoms with Crippen LogP contribution in [0.2, 0.25) is 0 Å². The molecule has 21 heavy (non-hydrogen) atoms. The molecule has 1 aromatic heterocycles. The molecule has 4 heteroatoms. The van der Waals surface area contributed by atoms with Gasteiger partial charge in [-0.25, -0.2) is 0 Å². The zero-order chi connectivity index (χ0) is 13.9. The van der Waals surface area contributed by atoms with E-state index in [1.807, 2.05) is 36.5 Å². The van der Waals surface area contributed by atoms with Gasteiger partial charge < -0.3 is 29.3 Å². The highest BCUT2D eigenvalue weighted by molar-refractivity contribution is 5.85. The van der Waals surface area contributed by atoms with E-state index in [9.17, 15) is 0 Å². The van der Waals surface area contributed by atoms with Gasteiger partial charge in [-0.1, -0.05) is 30.3 Å². The summed E-state index contributed by atoms with van der Waals surface area (Å²) in [5, 5.41) is 4.54. The van der Waals surface area contributed by atoms with Crippen LogP contribution in [0.3, 0.4) is 0 Å². The lowest BCUT2D eigenvalue weighted by Gasteiger charge is -1.97. The topological polar surface area (TPSA) is 20.8 Å². The minimum absolute atomic E-state index is 0. The Morgan fingerprint density at radius 2 is 1.67 bits per heavy atom. The fourth-order valence-corrected chi connectivity index (χ4v) is 2.42. The van der Waals surface area contributed by atoms with Gasteiger partial charge in [0.25, 0.3) is 0 Å². The molecule has 0 aliphatic rings. The molecule has 1 N–H and O–H groups in total. The molecule has 0 bridgehead atoms. The number of para-hydroxylation sites is 2. The Labute approximate surface area is 141 Å². The molecule has 0 atom stereocenters. The zero-order valence-electron chi connectivity index (χ0n) is 12.1. The molecule has 0 aliphatic heterocycles. The number of hydrogen-bond acceptors (Lipinski definition) is 1. The molecule has 108 valence electrons. The Kier molecular flexibility index (Phi) is 5.01. The number of nitrogens with one attached hydrogen (secondary N) is 1. The van der Waals surface area contributed by atoms with Crippen molar-refractivity contribution in [3.8, 4) is 0 Å². The third-order valence-corrected chi connectivity index (χ3v) is 3.59. The summed E-state index contributed by atoms with van der Waals surface area (Å²) in [6.45, 7) is 0. The lowest BCUT2D eigenvalue weighted by Crippen LogP contribution is -3.00. The van der Waals surface area contributed by atoms with Gasteiger partial charge in [-0.3, -0.25) is 0 Å². The van der Waals surface area contributed by atoms with Gasteiger partial charge >= 0.3 is 0 Å². The van der Waals surface area contributed by atoms with Gasteiger partial charge in [0, 0.05) is 18.0 Å². The maximum Gasteiger partial charge on any atom is 0.240 e. The van der Waals surface area contributed by atoms with Crippen molar-refractivity contribution in [1.82, 2.24) is 4.68 Å². The first-order chi connectivity index (χ1) is 9.77. The number of benzene rings is 2. The fourth-order valence-electron chi connectivity index (χ4n) is 2.42. The number of hydrogen-bond donors (Lipinski definition) is 1. The van der Waals surface area contributed by atoms with E-state index in [4.69, 9.17) is 0 Å². The molecule has 0 aliphatic carbocycles. The highest BCUT2D eigenvalue weighted by Crippen LogP contribution is 2.17. The zero-order valence-corrected chi connectivity index (χ0v) is 14.3. The Morgan fingerprint density at radius 1 is 1.00 bits per heavy atom. The van der Waals surface area contributed by atoms with E-state index in [1.165, 1.54) is 16.6 Å². The van der Waals surface area contributed by atoms with Gasteiger partial charge in [0.2, 0.25) is 5.69 Å². The molecule has 0 spiro atoms. The number of halogens is 1. The highest BCUT2D eigenvalue weighted by Gasteiger charge is 2.16. The van der Waals surface area contributed by atoms with Crippen molar-refractivity contribution >= 4 is 22.7 Å². The number of rotatable bonds is 3. The number of aromatic nitrogens is 2. The van der Waals surface area contributed by atoms with Crippen LogP contribution in [0.5, 0.6) is 0 Å². The van der Waals surface area contributed by atoms with Gasteiger partial charge in [-0.15, -0.1) is 4.68 Å². The van der Waals surface area contributed by atoms with E-state index in [0.717, 1.165) is 5.69 Å². The van der Waals surface area contributed by atoms with E-state index in [0.29, 0.717) is 0 Å². The predicted molar refractivity (Wildman–Crippen MR) is 83.2 cm³/mol. The predicted octanol–water partition coefficient (Wildman–Crippen LogP) is 0.0896. The molecule has 3 rings (SSSR count). The minimum atomic E-state index is 0. The number of aryl methyl sites for hydroxylation is 1. The van der Waals surface area contributed by atoms with Crippen LogP contribution in [-0.2, 0) is 14.1 Å². The molecule has 3 aromatic rings. The lowest BCUT2D eigenvalue weighted by molar-refractivity contribution is -0.750. The van der Waals surface area contributed by atoms with E-state index >= 15 is 0 Å². The fraction of sp³-hybridized carbons (Fsp3) is 0.118. The van der Waals surface area contributed by atoms with Crippen LogP contribution in [0, 0.1) is 0 Å². The number of anilines is 1. The summed E-state index contributed by atoms with van der Waals surface area (Å²) in [6, 6.07) is 18.6. The van der Waals surface area contributed by atoms with Crippen molar-refractivity contribution in [3.63, 3.8) is 0 Å². The summed E-state index contributed by atoms with van der Waals surface area (Å²) < 4.78 is 4.30. The van der Waals surface area contributed by atoms with Crippen molar-refractivity contribution in [2.45, 2.75) is 0 Å². The molecule has 0 amide bonds.